The van der Waals surface area contributed by atoms with E-state index in [2.05, 4.69) is 11.8 Å². The molecule has 1 aliphatic heterocycles. The van der Waals surface area contributed by atoms with Gasteiger partial charge in [-0.05, 0) is 19.3 Å². The summed E-state index contributed by atoms with van der Waals surface area (Å²) in [7, 11) is 0. The molecule has 1 heterocycles. The first-order valence-corrected chi connectivity index (χ1v) is 5.26. The van der Waals surface area contributed by atoms with Crippen LogP contribution in [0.1, 0.15) is 26.2 Å². The smallest absolute Gasteiger partial charge is 0.0991 e. The molecule has 0 amide bonds. The van der Waals surface area contributed by atoms with E-state index in [1.54, 1.807) is 0 Å². The minimum Gasteiger partial charge on any atom is -0.375 e. The highest BCUT2D eigenvalue weighted by Crippen LogP contribution is 2.31. The van der Waals surface area contributed by atoms with Crippen molar-refractivity contribution in [3.05, 3.63) is 0 Å². The van der Waals surface area contributed by atoms with Crippen molar-refractivity contribution >= 4 is 5.84 Å². The summed E-state index contributed by atoms with van der Waals surface area (Å²) in [6.45, 7) is 4.81. The molecule has 0 radical (unpaired) electrons. The maximum Gasteiger partial charge on any atom is 0.0991 e. The van der Waals surface area contributed by atoms with E-state index in [0.717, 1.165) is 32.0 Å². The highest BCUT2D eigenvalue weighted by atomic mass is 16.5. The number of amidine groups is 1. The molecule has 0 aromatic heterocycles. The molecule has 2 fully saturated rings. The summed E-state index contributed by atoms with van der Waals surface area (Å²) >= 11 is 0. The zero-order valence-electron chi connectivity index (χ0n) is 8.25. The standard InChI is InChI=1S/C10H18N2O/c1-2-9-7-12(5-6-13-9)10(11)8-3-4-8/h8-9,11H,2-7H2,1H3. The summed E-state index contributed by atoms with van der Waals surface area (Å²) < 4.78 is 5.57. The zero-order chi connectivity index (χ0) is 9.26. The Bertz CT molecular complexity index is 201. The van der Waals surface area contributed by atoms with Crippen LogP contribution in [0.15, 0.2) is 0 Å². The highest BCUT2D eigenvalue weighted by Gasteiger charge is 2.32. The van der Waals surface area contributed by atoms with Gasteiger partial charge in [0, 0.05) is 19.0 Å². The molecule has 1 saturated carbocycles. The third-order valence-corrected chi connectivity index (χ3v) is 2.90. The number of hydrogen-bond acceptors (Lipinski definition) is 2. The summed E-state index contributed by atoms with van der Waals surface area (Å²) in [6, 6.07) is 0. The van der Waals surface area contributed by atoms with Gasteiger partial charge < -0.3 is 9.64 Å². The van der Waals surface area contributed by atoms with Crippen LogP contribution < -0.4 is 0 Å². The van der Waals surface area contributed by atoms with E-state index in [4.69, 9.17) is 10.1 Å². The Labute approximate surface area is 79.6 Å². The molecule has 2 aliphatic rings. The normalized spacial score (nSPS) is 29.0. The molecule has 1 atom stereocenters. The number of nitrogens with one attached hydrogen (secondary N) is 1. The predicted octanol–water partition coefficient (Wildman–Crippen LogP) is 1.48. The van der Waals surface area contributed by atoms with Crippen molar-refractivity contribution in [2.24, 2.45) is 5.92 Å². The lowest BCUT2D eigenvalue weighted by atomic mass is 10.2. The van der Waals surface area contributed by atoms with E-state index in [9.17, 15) is 0 Å². The van der Waals surface area contributed by atoms with Gasteiger partial charge >= 0.3 is 0 Å². The van der Waals surface area contributed by atoms with Crippen LogP contribution in [-0.2, 0) is 4.74 Å². The van der Waals surface area contributed by atoms with Crippen LogP contribution in [0.25, 0.3) is 0 Å². The lowest BCUT2D eigenvalue weighted by Crippen LogP contribution is -2.45. The zero-order valence-corrected chi connectivity index (χ0v) is 8.25. The third-order valence-electron chi connectivity index (χ3n) is 2.90. The minimum atomic E-state index is 0.354. The lowest BCUT2D eigenvalue weighted by Gasteiger charge is -2.34. The Balaban J connectivity index is 1.87. The van der Waals surface area contributed by atoms with Gasteiger partial charge in [0.25, 0.3) is 0 Å². The van der Waals surface area contributed by atoms with E-state index >= 15 is 0 Å². The molecule has 1 aliphatic carbocycles. The Morgan fingerprint density at radius 1 is 1.54 bits per heavy atom. The second-order valence-electron chi connectivity index (χ2n) is 4.01. The second kappa shape index (κ2) is 3.66. The molecule has 0 aromatic rings. The Kier molecular flexibility index (Phi) is 2.54. The molecule has 3 heteroatoms. The second-order valence-corrected chi connectivity index (χ2v) is 4.01. The van der Waals surface area contributed by atoms with Gasteiger partial charge in [0.05, 0.1) is 18.5 Å². The molecule has 0 aromatic carbocycles. The van der Waals surface area contributed by atoms with Crippen molar-refractivity contribution in [1.29, 1.82) is 5.41 Å². The average Bonchev–Trinajstić information content (AvgIpc) is 3.00. The maximum atomic E-state index is 7.94. The van der Waals surface area contributed by atoms with E-state index in [1.807, 2.05) is 0 Å². The number of nitrogens with zero attached hydrogens (tertiary/aromatic N) is 1. The van der Waals surface area contributed by atoms with E-state index in [-0.39, 0.29) is 0 Å². The molecular formula is C10H18N2O. The van der Waals surface area contributed by atoms with E-state index in [0.29, 0.717) is 12.0 Å². The van der Waals surface area contributed by atoms with Crippen molar-refractivity contribution in [2.45, 2.75) is 32.3 Å². The summed E-state index contributed by atoms with van der Waals surface area (Å²) in [6.07, 6.45) is 3.88. The van der Waals surface area contributed by atoms with Gasteiger partial charge in [-0.15, -0.1) is 0 Å². The molecule has 1 saturated heterocycles. The third kappa shape index (κ3) is 2.02. The van der Waals surface area contributed by atoms with Crippen LogP contribution in [0.5, 0.6) is 0 Å². The van der Waals surface area contributed by atoms with Crippen LogP contribution in [-0.4, -0.2) is 36.5 Å². The first kappa shape index (κ1) is 9.00. The summed E-state index contributed by atoms with van der Waals surface area (Å²) in [5.41, 5.74) is 0. The van der Waals surface area contributed by atoms with Gasteiger partial charge in [0.1, 0.15) is 0 Å². The predicted molar refractivity (Wildman–Crippen MR) is 52.1 cm³/mol. The van der Waals surface area contributed by atoms with Crippen LogP contribution in [0.3, 0.4) is 0 Å². The fourth-order valence-electron chi connectivity index (χ4n) is 1.80. The number of hydrogen-bond donors (Lipinski definition) is 1. The molecule has 0 spiro atoms. The molecule has 2 rings (SSSR count). The molecule has 74 valence electrons. The topological polar surface area (TPSA) is 36.3 Å². The Morgan fingerprint density at radius 2 is 2.31 bits per heavy atom. The molecule has 13 heavy (non-hydrogen) atoms. The average molecular weight is 182 g/mol. The van der Waals surface area contributed by atoms with Gasteiger partial charge in [-0.2, -0.15) is 0 Å². The van der Waals surface area contributed by atoms with Crippen LogP contribution in [0.4, 0.5) is 0 Å². The minimum absolute atomic E-state index is 0.354. The fourth-order valence-corrected chi connectivity index (χ4v) is 1.80. The van der Waals surface area contributed by atoms with Crippen molar-refractivity contribution in [3.8, 4) is 0 Å². The quantitative estimate of drug-likeness (QED) is 0.519. The summed E-state index contributed by atoms with van der Waals surface area (Å²) in [5.74, 6) is 1.44. The monoisotopic (exact) mass is 182 g/mol. The van der Waals surface area contributed by atoms with Crippen LogP contribution in [0.2, 0.25) is 0 Å². The molecule has 3 nitrogen and oxygen atoms in total. The van der Waals surface area contributed by atoms with Crippen LogP contribution >= 0.6 is 0 Å². The van der Waals surface area contributed by atoms with E-state index in [1.165, 1.54) is 12.8 Å². The van der Waals surface area contributed by atoms with Crippen molar-refractivity contribution in [2.75, 3.05) is 19.7 Å². The Hall–Kier alpha value is -0.570. The van der Waals surface area contributed by atoms with Gasteiger partial charge in [-0.25, -0.2) is 0 Å². The summed E-state index contributed by atoms with van der Waals surface area (Å²) in [5, 5.41) is 7.94. The molecular weight excluding hydrogens is 164 g/mol. The van der Waals surface area contributed by atoms with Crippen LogP contribution in [0, 0.1) is 11.3 Å². The fraction of sp³-hybridized carbons (Fsp3) is 0.900. The van der Waals surface area contributed by atoms with Gasteiger partial charge in [-0.3, -0.25) is 5.41 Å². The van der Waals surface area contributed by atoms with Crippen molar-refractivity contribution in [3.63, 3.8) is 0 Å². The highest BCUT2D eigenvalue weighted by molar-refractivity contribution is 5.83. The van der Waals surface area contributed by atoms with Gasteiger partial charge in [-0.1, -0.05) is 6.92 Å². The van der Waals surface area contributed by atoms with Crippen molar-refractivity contribution in [1.82, 2.24) is 4.90 Å². The van der Waals surface area contributed by atoms with Gasteiger partial charge in [0.2, 0.25) is 0 Å². The Morgan fingerprint density at radius 3 is 2.92 bits per heavy atom. The lowest BCUT2D eigenvalue weighted by molar-refractivity contribution is -0.00807. The van der Waals surface area contributed by atoms with Gasteiger partial charge in [0.15, 0.2) is 0 Å². The number of ether oxygens (including phenoxy) is 1. The summed E-state index contributed by atoms with van der Waals surface area (Å²) in [4.78, 5) is 2.20. The number of morpholine rings is 1. The van der Waals surface area contributed by atoms with E-state index < -0.39 is 0 Å². The SMILES string of the molecule is CCC1CN(C(=N)C2CC2)CCO1. The first-order valence-electron chi connectivity index (χ1n) is 5.26. The number of rotatable bonds is 2. The molecule has 1 N–H and O–H groups in total. The van der Waals surface area contributed by atoms with Crippen molar-refractivity contribution < 1.29 is 4.74 Å². The maximum absolute atomic E-state index is 7.94. The molecule has 1 unspecified atom stereocenters. The first-order chi connectivity index (χ1) is 6.31. The largest absolute Gasteiger partial charge is 0.375 e. The molecule has 0 bridgehead atoms.